The quantitative estimate of drug-likeness (QED) is 0.118. The van der Waals surface area contributed by atoms with Gasteiger partial charge in [0, 0.05) is 27.5 Å². The molecule has 0 bridgehead atoms. The number of ether oxygens (including phenoxy) is 2. The maximum absolute atomic E-state index is 11.4. The van der Waals surface area contributed by atoms with Crippen molar-refractivity contribution in [3.05, 3.63) is 60.7 Å². The minimum absolute atomic E-state index is 0.154. The molecule has 0 fully saturated rings. The van der Waals surface area contributed by atoms with Crippen LogP contribution in [0.5, 0.6) is 5.75 Å². The number of carbonyl (C=O) groups is 1. The van der Waals surface area contributed by atoms with Gasteiger partial charge in [-0.1, -0.05) is 46.3 Å². The SMILES string of the molecule is C=CC(=O)OCC(C)(C)CSc1ccc2cc(-c3ccc(CCCCC)cc3OC)oc2c1. The van der Waals surface area contributed by atoms with Crippen LogP contribution in [0, 0.1) is 5.41 Å². The van der Waals surface area contributed by atoms with E-state index >= 15 is 0 Å². The molecule has 176 valence electrons. The molecule has 3 rings (SSSR count). The lowest BCUT2D eigenvalue weighted by molar-refractivity contribution is -0.140. The summed E-state index contributed by atoms with van der Waals surface area (Å²) < 4.78 is 17.1. The van der Waals surface area contributed by atoms with Crippen LogP contribution in [0.1, 0.15) is 45.6 Å². The first-order valence-corrected chi connectivity index (χ1v) is 12.5. The number of carbonyl (C=O) groups excluding carboxylic acids is 1. The number of esters is 1. The number of furan rings is 1. The van der Waals surface area contributed by atoms with Gasteiger partial charge in [0.2, 0.25) is 0 Å². The summed E-state index contributed by atoms with van der Waals surface area (Å²) in [7, 11) is 1.71. The molecule has 5 heteroatoms. The number of methoxy groups -OCH3 is 1. The molecule has 1 heterocycles. The molecule has 0 spiro atoms. The first kappa shape index (κ1) is 25.0. The number of unbranched alkanes of at least 4 members (excludes halogenated alkanes) is 2. The average Bonchev–Trinajstić information content (AvgIpc) is 3.24. The number of fused-ring (bicyclic) bond motifs is 1. The van der Waals surface area contributed by atoms with E-state index in [1.165, 1.54) is 30.9 Å². The summed E-state index contributed by atoms with van der Waals surface area (Å²) in [5, 5.41) is 1.06. The number of hydrogen-bond acceptors (Lipinski definition) is 5. The molecule has 33 heavy (non-hydrogen) atoms. The Morgan fingerprint density at radius 1 is 1.15 bits per heavy atom. The largest absolute Gasteiger partial charge is 0.496 e. The van der Waals surface area contributed by atoms with Gasteiger partial charge in [0.05, 0.1) is 19.3 Å². The van der Waals surface area contributed by atoms with Crippen molar-refractivity contribution >= 4 is 28.7 Å². The number of benzene rings is 2. The molecule has 0 aliphatic carbocycles. The van der Waals surface area contributed by atoms with Crippen molar-refractivity contribution in [1.82, 2.24) is 0 Å². The molecular weight excluding hydrogens is 432 g/mol. The second-order valence-electron chi connectivity index (χ2n) is 9.07. The van der Waals surface area contributed by atoms with Gasteiger partial charge in [-0.3, -0.25) is 0 Å². The highest BCUT2D eigenvalue weighted by molar-refractivity contribution is 7.99. The predicted octanol–water partition coefficient (Wildman–Crippen LogP) is 7.69. The van der Waals surface area contributed by atoms with Crippen molar-refractivity contribution in [2.75, 3.05) is 19.5 Å². The summed E-state index contributed by atoms with van der Waals surface area (Å²) in [5.74, 6) is 2.07. The van der Waals surface area contributed by atoms with E-state index in [1.807, 2.05) is 0 Å². The summed E-state index contributed by atoms with van der Waals surface area (Å²) >= 11 is 1.72. The van der Waals surface area contributed by atoms with Gasteiger partial charge in [-0.05, 0) is 54.8 Å². The van der Waals surface area contributed by atoms with Gasteiger partial charge in [-0.15, -0.1) is 11.8 Å². The van der Waals surface area contributed by atoms with Crippen LogP contribution in [0.3, 0.4) is 0 Å². The summed E-state index contributed by atoms with van der Waals surface area (Å²) in [6, 6.07) is 14.7. The second-order valence-corrected chi connectivity index (χ2v) is 10.1. The Balaban J connectivity index is 1.73. The van der Waals surface area contributed by atoms with Crippen LogP contribution in [0.15, 0.2) is 64.4 Å². The van der Waals surface area contributed by atoms with Gasteiger partial charge in [-0.2, -0.15) is 0 Å². The molecule has 0 radical (unpaired) electrons. The molecule has 0 saturated carbocycles. The standard InChI is InChI=1S/C28H34O4S/c1-6-8-9-10-20-11-14-23(25(15-20)30-5)26-16-21-12-13-22(17-24(21)32-26)33-19-28(3,4)18-31-27(29)7-2/h7,11-17H,2,6,8-10,18-19H2,1,3-5H3. The second kappa shape index (κ2) is 11.5. The summed E-state index contributed by atoms with van der Waals surface area (Å²) in [6.07, 6.45) is 5.91. The molecule has 0 atom stereocenters. The van der Waals surface area contributed by atoms with Gasteiger partial charge in [0.1, 0.15) is 17.1 Å². The zero-order valence-electron chi connectivity index (χ0n) is 20.1. The molecule has 0 saturated heterocycles. The third kappa shape index (κ3) is 6.91. The Morgan fingerprint density at radius 3 is 2.70 bits per heavy atom. The number of thioether (sulfide) groups is 1. The van der Waals surface area contributed by atoms with Gasteiger partial charge in [0.15, 0.2) is 0 Å². The number of rotatable bonds is 12. The lowest BCUT2D eigenvalue weighted by atomic mass is 9.98. The van der Waals surface area contributed by atoms with Crippen LogP contribution in [0.25, 0.3) is 22.3 Å². The summed E-state index contributed by atoms with van der Waals surface area (Å²) in [4.78, 5) is 12.5. The normalized spacial score (nSPS) is 11.5. The average molecular weight is 467 g/mol. The summed E-state index contributed by atoms with van der Waals surface area (Å²) in [6.45, 7) is 10.2. The number of hydrogen-bond donors (Lipinski definition) is 0. The zero-order valence-corrected chi connectivity index (χ0v) is 20.9. The van der Waals surface area contributed by atoms with E-state index in [2.05, 4.69) is 69.8 Å². The third-order valence-electron chi connectivity index (χ3n) is 5.49. The monoisotopic (exact) mass is 466 g/mol. The fraction of sp³-hybridized carbons (Fsp3) is 0.393. The Hall–Kier alpha value is -2.66. The van der Waals surface area contributed by atoms with Crippen molar-refractivity contribution in [2.45, 2.75) is 51.3 Å². The Morgan fingerprint density at radius 2 is 1.97 bits per heavy atom. The molecule has 3 aromatic rings. The fourth-order valence-corrected chi connectivity index (χ4v) is 4.55. The zero-order chi connectivity index (χ0) is 23.8. The van der Waals surface area contributed by atoms with Gasteiger partial charge >= 0.3 is 5.97 Å². The molecule has 4 nitrogen and oxygen atoms in total. The lowest BCUT2D eigenvalue weighted by Gasteiger charge is -2.23. The van der Waals surface area contributed by atoms with Crippen molar-refractivity contribution in [1.29, 1.82) is 0 Å². The minimum Gasteiger partial charge on any atom is -0.496 e. The van der Waals surface area contributed by atoms with E-state index in [9.17, 15) is 4.79 Å². The minimum atomic E-state index is -0.387. The van der Waals surface area contributed by atoms with Crippen molar-refractivity contribution < 1.29 is 18.7 Å². The molecule has 0 aliphatic heterocycles. The van der Waals surface area contributed by atoms with Crippen molar-refractivity contribution in [3.8, 4) is 17.1 Å². The van der Waals surface area contributed by atoms with E-state index in [-0.39, 0.29) is 11.4 Å². The highest BCUT2D eigenvalue weighted by Crippen LogP contribution is 2.37. The van der Waals surface area contributed by atoms with Crippen LogP contribution in [0.4, 0.5) is 0 Å². The van der Waals surface area contributed by atoms with Crippen molar-refractivity contribution in [2.24, 2.45) is 5.41 Å². The number of aryl methyl sites for hydroxylation is 1. The topological polar surface area (TPSA) is 48.7 Å². The maximum atomic E-state index is 11.4. The van der Waals surface area contributed by atoms with Crippen LogP contribution < -0.4 is 4.74 Å². The Labute approximate surface area is 201 Å². The highest BCUT2D eigenvalue weighted by Gasteiger charge is 2.21. The smallest absolute Gasteiger partial charge is 0.330 e. The van der Waals surface area contributed by atoms with Gasteiger partial charge in [-0.25, -0.2) is 4.79 Å². The molecule has 2 aromatic carbocycles. The van der Waals surface area contributed by atoms with E-state index < -0.39 is 0 Å². The van der Waals surface area contributed by atoms with Gasteiger partial charge < -0.3 is 13.9 Å². The van der Waals surface area contributed by atoms with Crippen LogP contribution in [-0.2, 0) is 16.0 Å². The van der Waals surface area contributed by atoms with E-state index in [0.29, 0.717) is 6.61 Å². The molecule has 0 N–H and O–H groups in total. The molecule has 0 unspecified atom stereocenters. The fourth-order valence-electron chi connectivity index (χ4n) is 3.55. The van der Waals surface area contributed by atoms with Crippen LogP contribution in [0.2, 0.25) is 0 Å². The maximum Gasteiger partial charge on any atom is 0.330 e. The van der Waals surface area contributed by atoms with Crippen LogP contribution in [-0.4, -0.2) is 25.4 Å². The lowest BCUT2D eigenvalue weighted by Crippen LogP contribution is -2.23. The van der Waals surface area contributed by atoms with E-state index in [4.69, 9.17) is 13.9 Å². The van der Waals surface area contributed by atoms with Crippen LogP contribution >= 0.6 is 11.8 Å². The first-order chi connectivity index (χ1) is 15.8. The Bertz CT molecular complexity index is 1100. The van der Waals surface area contributed by atoms with E-state index in [1.54, 1.807) is 18.9 Å². The molecule has 0 amide bonds. The first-order valence-electron chi connectivity index (χ1n) is 11.5. The highest BCUT2D eigenvalue weighted by atomic mass is 32.2. The molecular formula is C28H34O4S. The third-order valence-corrected chi connectivity index (χ3v) is 7.01. The molecule has 0 aliphatic rings. The van der Waals surface area contributed by atoms with E-state index in [0.717, 1.165) is 45.1 Å². The predicted molar refractivity (Wildman–Crippen MR) is 137 cm³/mol. The van der Waals surface area contributed by atoms with Crippen molar-refractivity contribution in [3.63, 3.8) is 0 Å². The molecule has 1 aromatic heterocycles. The van der Waals surface area contributed by atoms with Gasteiger partial charge in [0.25, 0.3) is 0 Å². The Kier molecular flexibility index (Phi) is 8.67. The summed E-state index contributed by atoms with van der Waals surface area (Å²) in [5.41, 5.74) is 2.95.